The second-order valence-electron chi connectivity index (χ2n) is 3.46. The number of carbonyl (C=O) groups excluding carboxylic acids is 1. The number of carbonyl (C=O) groups is 1. The summed E-state index contributed by atoms with van der Waals surface area (Å²) in [4.78, 5) is 27.2. The Morgan fingerprint density at radius 1 is 1.50 bits per heavy atom. The quantitative estimate of drug-likeness (QED) is 0.670. The number of aromatic nitrogens is 5. The molecule has 0 spiro atoms. The van der Waals surface area contributed by atoms with Gasteiger partial charge in [0.05, 0.1) is 0 Å². The second-order valence-corrected chi connectivity index (χ2v) is 3.46. The fraction of sp³-hybridized carbons (Fsp3) is 0.444. The van der Waals surface area contributed by atoms with E-state index in [1.165, 1.54) is 17.8 Å². The van der Waals surface area contributed by atoms with Crippen molar-refractivity contribution in [1.82, 2.24) is 24.4 Å². The Hall–Kier alpha value is -2.05. The maximum absolute atomic E-state index is 11.7. The third-order valence-corrected chi connectivity index (χ3v) is 2.24. The zero-order valence-corrected chi connectivity index (χ0v) is 9.04. The van der Waals surface area contributed by atoms with Crippen LogP contribution in [0.2, 0.25) is 0 Å². The molecule has 0 aromatic carbocycles. The molecule has 0 bridgehead atoms. The van der Waals surface area contributed by atoms with Crippen LogP contribution >= 0.6 is 0 Å². The SMILES string of the molecule is CCCC(=O)c1ncn2c(=O)n(C)nnc12. The van der Waals surface area contributed by atoms with Gasteiger partial charge >= 0.3 is 5.69 Å². The summed E-state index contributed by atoms with van der Waals surface area (Å²) < 4.78 is 2.30. The highest BCUT2D eigenvalue weighted by atomic mass is 16.2. The zero-order chi connectivity index (χ0) is 11.7. The lowest BCUT2D eigenvalue weighted by molar-refractivity contribution is 0.0979. The summed E-state index contributed by atoms with van der Waals surface area (Å²) in [5.74, 6) is -0.118. The molecule has 0 atom stereocenters. The van der Waals surface area contributed by atoms with Crippen molar-refractivity contribution in [2.45, 2.75) is 19.8 Å². The van der Waals surface area contributed by atoms with Gasteiger partial charge in [-0.1, -0.05) is 12.1 Å². The van der Waals surface area contributed by atoms with E-state index in [4.69, 9.17) is 0 Å². The first kappa shape index (κ1) is 10.5. The highest BCUT2D eigenvalue weighted by Gasteiger charge is 2.15. The van der Waals surface area contributed by atoms with Gasteiger partial charge in [-0.2, -0.15) is 4.68 Å². The van der Waals surface area contributed by atoms with E-state index in [2.05, 4.69) is 15.3 Å². The van der Waals surface area contributed by atoms with Crippen molar-refractivity contribution >= 4 is 11.4 Å². The van der Waals surface area contributed by atoms with Gasteiger partial charge in [0.2, 0.25) is 0 Å². The summed E-state index contributed by atoms with van der Waals surface area (Å²) in [5.41, 5.74) is 0.0710. The maximum Gasteiger partial charge on any atom is 0.352 e. The van der Waals surface area contributed by atoms with E-state index in [-0.39, 0.29) is 22.8 Å². The van der Waals surface area contributed by atoms with E-state index in [1.54, 1.807) is 0 Å². The average molecular weight is 221 g/mol. The first-order chi connectivity index (χ1) is 7.65. The molecule has 2 rings (SSSR count). The average Bonchev–Trinajstić information content (AvgIpc) is 2.68. The highest BCUT2D eigenvalue weighted by Crippen LogP contribution is 2.07. The Balaban J connectivity index is 2.63. The van der Waals surface area contributed by atoms with Crippen LogP contribution in [-0.4, -0.2) is 30.2 Å². The van der Waals surface area contributed by atoms with Crippen molar-refractivity contribution in [3.05, 3.63) is 22.5 Å². The molecule has 0 saturated carbocycles. The molecule has 0 unspecified atom stereocenters. The largest absolute Gasteiger partial charge is 0.352 e. The van der Waals surface area contributed by atoms with E-state index >= 15 is 0 Å². The Morgan fingerprint density at radius 3 is 2.94 bits per heavy atom. The summed E-state index contributed by atoms with van der Waals surface area (Å²) in [6.45, 7) is 1.90. The molecular weight excluding hydrogens is 210 g/mol. The highest BCUT2D eigenvalue weighted by molar-refractivity contribution is 5.99. The van der Waals surface area contributed by atoms with Gasteiger partial charge in [-0.05, 0) is 6.42 Å². The number of nitrogens with zero attached hydrogens (tertiary/aromatic N) is 5. The Morgan fingerprint density at radius 2 is 2.25 bits per heavy atom. The number of fused-ring (bicyclic) bond motifs is 1. The van der Waals surface area contributed by atoms with E-state index in [1.807, 2.05) is 6.92 Å². The van der Waals surface area contributed by atoms with Crippen molar-refractivity contribution in [3.63, 3.8) is 0 Å². The van der Waals surface area contributed by atoms with Crippen molar-refractivity contribution in [2.75, 3.05) is 0 Å². The Bertz CT molecular complexity index is 597. The lowest BCUT2D eigenvalue weighted by atomic mass is 10.2. The topological polar surface area (TPSA) is 82.2 Å². The fourth-order valence-electron chi connectivity index (χ4n) is 1.42. The minimum Gasteiger partial charge on any atom is -0.292 e. The van der Waals surface area contributed by atoms with Crippen LogP contribution in [0.4, 0.5) is 0 Å². The van der Waals surface area contributed by atoms with Crippen LogP contribution in [0.25, 0.3) is 5.65 Å². The van der Waals surface area contributed by atoms with Crippen LogP contribution in [0.15, 0.2) is 11.1 Å². The molecule has 0 aliphatic carbocycles. The molecule has 84 valence electrons. The van der Waals surface area contributed by atoms with Crippen molar-refractivity contribution in [1.29, 1.82) is 0 Å². The summed E-state index contributed by atoms with van der Waals surface area (Å²) in [6.07, 6.45) is 2.43. The number of hydrogen-bond acceptors (Lipinski definition) is 5. The molecule has 7 nitrogen and oxygen atoms in total. The van der Waals surface area contributed by atoms with E-state index in [0.29, 0.717) is 6.42 Å². The molecule has 0 amide bonds. The van der Waals surface area contributed by atoms with Gasteiger partial charge in [-0.3, -0.25) is 4.79 Å². The summed E-state index contributed by atoms with van der Waals surface area (Å²) in [5, 5.41) is 7.42. The Kier molecular flexibility index (Phi) is 2.51. The first-order valence-electron chi connectivity index (χ1n) is 4.95. The van der Waals surface area contributed by atoms with Crippen LogP contribution in [0, 0.1) is 0 Å². The monoisotopic (exact) mass is 221 g/mol. The molecule has 2 aromatic rings. The van der Waals surface area contributed by atoms with E-state index < -0.39 is 0 Å². The molecular formula is C9H11N5O2. The van der Waals surface area contributed by atoms with Gasteiger partial charge < -0.3 is 0 Å². The molecule has 0 aliphatic heterocycles. The zero-order valence-electron chi connectivity index (χ0n) is 9.04. The van der Waals surface area contributed by atoms with Gasteiger partial charge in [0.15, 0.2) is 17.1 Å². The molecule has 7 heteroatoms. The first-order valence-corrected chi connectivity index (χ1v) is 4.95. The van der Waals surface area contributed by atoms with Gasteiger partial charge in [-0.15, -0.1) is 5.10 Å². The second kappa shape index (κ2) is 3.84. The molecule has 0 aliphatic rings. The minimum absolute atomic E-state index is 0.118. The predicted molar refractivity (Wildman–Crippen MR) is 55.3 cm³/mol. The Labute approximate surface area is 90.7 Å². The van der Waals surface area contributed by atoms with Crippen molar-refractivity contribution in [2.24, 2.45) is 7.05 Å². The number of rotatable bonds is 3. The van der Waals surface area contributed by atoms with E-state index in [9.17, 15) is 9.59 Å². The standard InChI is InChI=1S/C9H11N5O2/c1-3-4-6(15)7-8-11-12-13(2)9(16)14(8)5-10-7/h5H,3-4H2,1-2H3. The molecule has 2 aromatic heterocycles. The third-order valence-electron chi connectivity index (χ3n) is 2.24. The molecule has 0 saturated heterocycles. The van der Waals surface area contributed by atoms with Gasteiger partial charge in [0.25, 0.3) is 0 Å². The summed E-state index contributed by atoms with van der Waals surface area (Å²) in [7, 11) is 1.49. The smallest absolute Gasteiger partial charge is 0.292 e. The molecule has 2 heterocycles. The lowest BCUT2D eigenvalue weighted by Gasteiger charge is -1.96. The minimum atomic E-state index is -0.368. The normalized spacial score (nSPS) is 10.9. The van der Waals surface area contributed by atoms with Crippen molar-refractivity contribution < 1.29 is 4.79 Å². The molecule has 0 radical (unpaired) electrons. The van der Waals surface area contributed by atoms with Crippen LogP contribution in [0.3, 0.4) is 0 Å². The summed E-state index contributed by atoms with van der Waals surface area (Å²) >= 11 is 0. The molecule has 0 fully saturated rings. The number of aryl methyl sites for hydroxylation is 1. The molecule has 0 N–H and O–H groups in total. The number of ketones is 1. The maximum atomic E-state index is 11.7. The van der Waals surface area contributed by atoms with Crippen molar-refractivity contribution in [3.8, 4) is 0 Å². The molecule has 16 heavy (non-hydrogen) atoms. The predicted octanol–water partition coefficient (Wildman–Crippen LogP) is -0.194. The van der Waals surface area contributed by atoms with Crippen LogP contribution in [-0.2, 0) is 7.05 Å². The van der Waals surface area contributed by atoms with Gasteiger partial charge in [0, 0.05) is 13.5 Å². The third kappa shape index (κ3) is 1.50. The van der Waals surface area contributed by atoms with Crippen LogP contribution in [0.5, 0.6) is 0 Å². The van der Waals surface area contributed by atoms with Gasteiger partial charge in [-0.25, -0.2) is 14.2 Å². The van der Waals surface area contributed by atoms with Crippen LogP contribution < -0.4 is 5.69 Å². The number of Topliss-reactive ketones (excluding diaryl/α,β-unsaturated/α-hetero) is 1. The van der Waals surface area contributed by atoms with Crippen LogP contribution in [0.1, 0.15) is 30.3 Å². The number of imidazole rings is 1. The van der Waals surface area contributed by atoms with Gasteiger partial charge in [0.1, 0.15) is 6.33 Å². The lowest BCUT2D eigenvalue weighted by Crippen LogP contribution is -2.27. The van der Waals surface area contributed by atoms with E-state index in [0.717, 1.165) is 11.1 Å². The number of hydrogen-bond donors (Lipinski definition) is 0. The summed E-state index contributed by atoms with van der Waals surface area (Å²) in [6, 6.07) is 0. The fourth-order valence-corrected chi connectivity index (χ4v) is 1.42.